The number of fused-ring (bicyclic) bond motifs is 9. The van der Waals surface area contributed by atoms with Gasteiger partial charge in [0.15, 0.2) is 11.6 Å². The first kappa shape index (κ1) is 31.4. The quantitative estimate of drug-likeness (QED) is 0.317. The van der Waals surface area contributed by atoms with Crippen molar-refractivity contribution in [2.75, 3.05) is 0 Å². The van der Waals surface area contributed by atoms with E-state index >= 15 is 0 Å². The molecule has 5 heteroatoms. The van der Waals surface area contributed by atoms with Crippen molar-refractivity contribution in [2.45, 2.75) is 136 Å². The summed E-state index contributed by atoms with van der Waals surface area (Å²) >= 11 is 0. The van der Waals surface area contributed by atoms with Gasteiger partial charge in [0.05, 0.1) is 6.10 Å². The molecule has 5 nitrogen and oxygen atoms in total. The number of aryl methyl sites for hydroxylation is 1. The Balaban J connectivity index is 0.000000148. The van der Waals surface area contributed by atoms with E-state index in [1.807, 2.05) is 18.2 Å². The Labute approximate surface area is 269 Å². The first-order valence-electron chi connectivity index (χ1n) is 18.1. The lowest BCUT2D eigenvalue weighted by Gasteiger charge is -2.52. The zero-order valence-electron chi connectivity index (χ0n) is 27.9. The van der Waals surface area contributed by atoms with Crippen LogP contribution < -0.4 is 0 Å². The standard InChI is InChI=1S/C22H30O3.C18H24O2/c1-13(23)20(25)22(3)11-9-19-18-6-4-14-12-15(24)5-7-16(14)17(18)8-10-21(19,22)2;1-18-9-8-14-13-5-3-12(19)10-11(13)2-4-15(14)16(18)6-7-17(18)20/h12-13,18-19,23H,4-11H2,1-3H3;3,5,10,14-17,19-20H,2,4,6-9H2,1H3/t13-,18+,19-,21-,22+;14-,15-,16+,17+,18+/m01/s1. The van der Waals surface area contributed by atoms with Crippen LogP contribution in [-0.4, -0.2) is 39.1 Å². The third kappa shape index (κ3) is 4.76. The van der Waals surface area contributed by atoms with Crippen LogP contribution in [0.25, 0.3) is 0 Å². The van der Waals surface area contributed by atoms with Crippen LogP contribution >= 0.6 is 0 Å². The lowest BCUT2D eigenvalue weighted by molar-refractivity contribution is -0.144. The first-order valence-corrected chi connectivity index (χ1v) is 18.1. The van der Waals surface area contributed by atoms with E-state index in [0.29, 0.717) is 35.8 Å². The molecule has 1 aromatic rings. The van der Waals surface area contributed by atoms with Gasteiger partial charge in [-0.1, -0.05) is 32.4 Å². The molecule has 0 bridgehead atoms. The molecule has 0 spiro atoms. The largest absolute Gasteiger partial charge is 0.508 e. The van der Waals surface area contributed by atoms with Gasteiger partial charge < -0.3 is 15.3 Å². The highest BCUT2D eigenvalue weighted by atomic mass is 16.3. The molecule has 45 heavy (non-hydrogen) atoms. The number of benzene rings is 1. The van der Waals surface area contributed by atoms with Gasteiger partial charge in [0.1, 0.15) is 11.9 Å². The molecular weight excluding hydrogens is 560 g/mol. The highest BCUT2D eigenvalue weighted by Crippen LogP contribution is 2.67. The molecule has 4 fully saturated rings. The molecule has 4 saturated carbocycles. The number of aliphatic hydroxyl groups is 2. The minimum atomic E-state index is -0.870. The SMILES string of the molecule is C[C@H](O)C(=O)[C@@]1(C)CC[C@H]2[C@@H]3CCC4=CC(=O)CCC4=C3CC[C@@]21C.C[C@]12CC[C@@H]3c4ccc(O)cc4CC[C@H]3[C@@H]1CC[C@@H]2O. The summed E-state index contributed by atoms with van der Waals surface area (Å²) in [5.41, 5.74) is 6.95. The summed E-state index contributed by atoms with van der Waals surface area (Å²) in [6.07, 6.45) is 15.6. The smallest absolute Gasteiger partial charge is 0.167 e. The Hall–Kier alpha value is -2.24. The van der Waals surface area contributed by atoms with E-state index in [0.717, 1.165) is 70.1 Å². The van der Waals surface area contributed by atoms with Crippen LogP contribution in [0.4, 0.5) is 0 Å². The second-order valence-electron chi connectivity index (χ2n) is 16.7. The van der Waals surface area contributed by atoms with Gasteiger partial charge in [0.25, 0.3) is 0 Å². The zero-order chi connectivity index (χ0) is 31.9. The van der Waals surface area contributed by atoms with Crippen molar-refractivity contribution in [3.63, 3.8) is 0 Å². The summed E-state index contributed by atoms with van der Waals surface area (Å²) in [7, 11) is 0. The van der Waals surface area contributed by atoms with Crippen molar-refractivity contribution in [1.82, 2.24) is 0 Å². The average Bonchev–Trinajstić information content (AvgIpc) is 3.48. The number of rotatable bonds is 2. The molecule has 0 aliphatic heterocycles. The molecule has 0 aromatic heterocycles. The van der Waals surface area contributed by atoms with Crippen LogP contribution in [0.15, 0.2) is 41.0 Å². The Bertz CT molecular complexity index is 1450. The molecular formula is C40H54O5. The van der Waals surface area contributed by atoms with Gasteiger partial charge >= 0.3 is 0 Å². The van der Waals surface area contributed by atoms with Gasteiger partial charge in [-0.05, 0) is 171 Å². The fraction of sp³-hybridized carbons (Fsp3) is 0.700. The van der Waals surface area contributed by atoms with Crippen molar-refractivity contribution >= 4 is 11.6 Å². The van der Waals surface area contributed by atoms with Crippen LogP contribution in [0, 0.1) is 39.9 Å². The molecule has 8 rings (SSSR count). The lowest BCUT2D eigenvalue weighted by Crippen LogP contribution is -2.50. The van der Waals surface area contributed by atoms with Crippen LogP contribution in [0.5, 0.6) is 5.75 Å². The maximum atomic E-state index is 12.8. The second-order valence-corrected chi connectivity index (χ2v) is 16.7. The Morgan fingerprint density at radius 1 is 0.867 bits per heavy atom. The van der Waals surface area contributed by atoms with E-state index in [9.17, 15) is 24.9 Å². The summed E-state index contributed by atoms with van der Waals surface area (Å²) in [5.74, 6) is 3.92. The molecule has 10 atom stereocenters. The summed E-state index contributed by atoms with van der Waals surface area (Å²) in [6, 6.07) is 5.96. The van der Waals surface area contributed by atoms with Crippen LogP contribution in [0.1, 0.15) is 128 Å². The number of carbonyl (C=O) groups is 2. The number of phenols is 1. The third-order valence-electron chi connectivity index (χ3n) is 14.9. The maximum absolute atomic E-state index is 12.8. The van der Waals surface area contributed by atoms with Gasteiger partial charge in [-0.15, -0.1) is 0 Å². The van der Waals surface area contributed by atoms with Crippen molar-refractivity contribution in [2.24, 2.45) is 39.9 Å². The number of aromatic hydroxyl groups is 1. The van der Waals surface area contributed by atoms with E-state index in [2.05, 4.69) is 26.8 Å². The fourth-order valence-corrected chi connectivity index (χ4v) is 12.2. The summed E-state index contributed by atoms with van der Waals surface area (Å²) in [6.45, 7) is 8.35. The number of ketones is 2. The van der Waals surface area contributed by atoms with E-state index in [4.69, 9.17) is 0 Å². The molecule has 7 aliphatic carbocycles. The van der Waals surface area contributed by atoms with Gasteiger partial charge in [-0.3, -0.25) is 9.59 Å². The Kier molecular flexibility index (Phi) is 7.80. The number of Topliss-reactive ketones (excluding diaryl/α,β-unsaturated/α-hetero) is 1. The third-order valence-corrected chi connectivity index (χ3v) is 14.9. The number of phenolic OH excluding ortho intramolecular Hbond substituents is 1. The van der Waals surface area contributed by atoms with E-state index in [-0.39, 0.29) is 28.5 Å². The Morgan fingerprint density at radius 2 is 1.67 bits per heavy atom. The number of allylic oxidation sites excluding steroid dienone is 4. The number of carbonyl (C=O) groups excluding carboxylic acids is 2. The highest BCUT2D eigenvalue weighted by molar-refractivity contribution is 5.93. The number of aliphatic hydroxyl groups excluding tert-OH is 2. The predicted molar refractivity (Wildman–Crippen MR) is 176 cm³/mol. The predicted octanol–water partition coefficient (Wildman–Crippen LogP) is 7.76. The van der Waals surface area contributed by atoms with Crippen molar-refractivity contribution in [3.8, 4) is 5.75 Å². The van der Waals surface area contributed by atoms with E-state index in [1.54, 1.807) is 12.5 Å². The minimum absolute atomic E-state index is 0.0124. The van der Waals surface area contributed by atoms with Crippen molar-refractivity contribution < 1.29 is 24.9 Å². The molecule has 0 radical (unpaired) electrons. The second kappa shape index (κ2) is 11.2. The molecule has 1 aromatic carbocycles. The summed E-state index contributed by atoms with van der Waals surface area (Å²) in [4.78, 5) is 24.6. The van der Waals surface area contributed by atoms with E-state index < -0.39 is 11.5 Å². The molecule has 0 saturated heterocycles. The summed E-state index contributed by atoms with van der Waals surface area (Å²) in [5, 5.41) is 30.0. The lowest BCUT2D eigenvalue weighted by atomic mass is 9.51. The molecule has 0 unspecified atom stereocenters. The zero-order valence-corrected chi connectivity index (χ0v) is 27.9. The van der Waals surface area contributed by atoms with Gasteiger partial charge in [-0.25, -0.2) is 0 Å². The van der Waals surface area contributed by atoms with Crippen LogP contribution in [0.3, 0.4) is 0 Å². The monoisotopic (exact) mass is 614 g/mol. The van der Waals surface area contributed by atoms with E-state index in [1.165, 1.54) is 41.5 Å². The topological polar surface area (TPSA) is 94.8 Å². The molecule has 0 amide bonds. The number of hydrogen-bond donors (Lipinski definition) is 3. The van der Waals surface area contributed by atoms with Crippen LogP contribution in [-0.2, 0) is 16.0 Å². The molecule has 244 valence electrons. The van der Waals surface area contributed by atoms with Crippen LogP contribution in [0.2, 0.25) is 0 Å². The van der Waals surface area contributed by atoms with Gasteiger partial charge in [0, 0.05) is 11.8 Å². The molecule has 0 heterocycles. The molecule has 3 N–H and O–H groups in total. The summed E-state index contributed by atoms with van der Waals surface area (Å²) < 4.78 is 0. The normalized spacial score (nSPS) is 42.1. The molecule has 7 aliphatic rings. The van der Waals surface area contributed by atoms with Crippen molar-refractivity contribution in [3.05, 3.63) is 52.1 Å². The fourth-order valence-electron chi connectivity index (χ4n) is 12.2. The van der Waals surface area contributed by atoms with Gasteiger partial charge in [0.2, 0.25) is 0 Å². The highest BCUT2D eigenvalue weighted by Gasteiger charge is 2.62. The van der Waals surface area contributed by atoms with Gasteiger partial charge in [-0.2, -0.15) is 0 Å². The van der Waals surface area contributed by atoms with Crippen molar-refractivity contribution in [1.29, 1.82) is 0 Å². The Morgan fingerprint density at radius 3 is 2.44 bits per heavy atom. The first-order chi connectivity index (χ1) is 21.4. The maximum Gasteiger partial charge on any atom is 0.167 e. The average molecular weight is 615 g/mol. The minimum Gasteiger partial charge on any atom is -0.508 e. The number of hydrogen-bond acceptors (Lipinski definition) is 5.